The van der Waals surface area contributed by atoms with Crippen molar-refractivity contribution in [2.45, 2.75) is 43.4 Å². The molecule has 0 saturated heterocycles. The Labute approximate surface area is 237 Å². The van der Waals surface area contributed by atoms with Crippen LogP contribution < -0.4 is 9.04 Å². The predicted molar refractivity (Wildman–Crippen MR) is 140 cm³/mol. The highest BCUT2D eigenvalue weighted by molar-refractivity contribution is 7.92. The highest BCUT2D eigenvalue weighted by Gasteiger charge is 2.48. The van der Waals surface area contributed by atoms with Gasteiger partial charge in [-0.2, -0.15) is 13.2 Å². The molecule has 5 rings (SSSR count). The summed E-state index contributed by atoms with van der Waals surface area (Å²) in [4.78, 5) is 10.9. The number of rotatable bonds is 6. The van der Waals surface area contributed by atoms with E-state index in [0.29, 0.717) is 31.4 Å². The minimum atomic E-state index is -4.79. The lowest BCUT2D eigenvalue weighted by Crippen LogP contribution is -2.47. The molecule has 1 aliphatic heterocycles. The lowest BCUT2D eigenvalue weighted by Gasteiger charge is -2.44. The van der Waals surface area contributed by atoms with Crippen LogP contribution in [0.2, 0.25) is 5.02 Å². The van der Waals surface area contributed by atoms with Gasteiger partial charge in [-0.15, -0.1) is 0 Å². The number of hydrogen-bond donors (Lipinski definition) is 1. The lowest BCUT2D eigenvalue weighted by molar-refractivity contribution is -0.157. The molecule has 1 heterocycles. The van der Waals surface area contributed by atoms with Crippen molar-refractivity contribution in [3.8, 4) is 16.9 Å². The van der Waals surface area contributed by atoms with Crippen molar-refractivity contribution < 1.29 is 45.0 Å². The number of ether oxygens (including phenoxy) is 1. The maximum atomic E-state index is 14.2. The average Bonchev–Trinajstić information content (AvgIpc) is 2.88. The van der Waals surface area contributed by atoms with Crippen LogP contribution >= 0.6 is 11.6 Å². The minimum Gasteiger partial charge on any atom is -0.486 e. The normalized spacial score (nSPS) is 22.5. The number of alkyl halides is 3. The van der Waals surface area contributed by atoms with Gasteiger partial charge in [0.25, 0.3) is 10.0 Å². The summed E-state index contributed by atoms with van der Waals surface area (Å²) in [5.74, 6) is -2.88. The molecule has 2 aliphatic rings. The van der Waals surface area contributed by atoms with E-state index in [1.165, 1.54) is 18.2 Å². The summed E-state index contributed by atoms with van der Waals surface area (Å²) < 4.78 is 103. The van der Waals surface area contributed by atoms with E-state index < -0.39 is 60.8 Å². The van der Waals surface area contributed by atoms with Crippen LogP contribution in [0.5, 0.6) is 5.75 Å². The molecule has 3 aromatic carbocycles. The third-order valence-electron chi connectivity index (χ3n) is 7.54. The molecular weight excluding hydrogens is 593 g/mol. The van der Waals surface area contributed by atoms with E-state index in [0.717, 1.165) is 28.6 Å². The number of aliphatic carboxylic acids is 1. The molecule has 41 heavy (non-hydrogen) atoms. The molecule has 1 saturated carbocycles. The zero-order chi connectivity index (χ0) is 29.9. The summed E-state index contributed by atoms with van der Waals surface area (Å²) in [5.41, 5.74) is -2.01. The molecule has 13 heteroatoms. The molecule has 218 valence electrons. The van der Waals surface area contributed by atoms with Gasteiger partial charge in [-0.3, -0.25) is 9.10 Å². The maximum absolute atomic E-state index is 14.2. The standard InChI is InChI=1S/C28H23ClF5NO5S/c1-27(26(36)37)12-15(13-27)7-19-14-35(41(38,39)20-4-2-3-17(9-20)28(32,33)34)23-8-16(5-6-24(23)40-19)21-10-18(30)11-22(31)25(21)29/h2-6,8-11,15,19H,7,12-14H2,1H3,(H,36,37)/t15-,19-,27-/m0/s1. The number of carbonyl (C=O) groups is 1. The molecule has 0 radical (unpaired) electrons. The molecule has 0 bridgehead atoms. The smallest absolute Gasteiger partial charge is 0.416 e. The van der Waals surface area contributed by atoms with E-state index in [1.54, 1.807) is 6.92 Å². The molecule has 0 aromatic heterocycles. The molecule has 6 nitrogen and oxygen atoms in total. The van der Waals surface area contributed by atoms with Crippen molar-refractivity contribution >= 4 is 33.3 Å². The van der Waals surface area contributed by atoms with E-state index in [1.807, 2.05) is 0 Å². The largest absolute Gasteiger partial charge is 0.486 e. The third-order valence-corrected chi connectivity index (χ3v) is 9.69. The fourth-order valence-corrected chi connectivity index (χ4v) is 7.25. The fourth-order valence-electron chi connectivity index (χ4n) is 5.48. The Kier molecular flexibility index (Phi) is 7.22. The van der Waals surface area contributed by atoms with Crippen LogP contribution in [0.3, 0.4) is 0 Å². The molecule has 1 N–H and O–H groups in total. The van der Waals surface area contributed by atoms with Crippen molar-refractivity contribution in [2.24, 2.45) is 11.3 Å². The van der Waals surface area contributed by atoms with Gasteiger partial charge >= 0.3 is 12.1 Å². The van der Waals surface area contributed by atoms with Gasteiger partial charge in [0.05, 0.1) is 33.1 Å². The Hall–Kier alpha value is -3.38. The van der Waals surface area contributed by atoms with Gasteiger partial charge in [0, 0.05) is 11.6 Å². The van der Waals surface area contributed by atoms with Gasteiger partial charge in [-0.25, -0.2) is 17.2 Å². The van der Waals surface area contributed by atoms with Crippen LogP contribution in [-0.4, -0.2) is 32.1 Å². The summed E-state index contributed by atoms with van der Waals surface area (Å²) in [5, 5.41) is 9.02. The molecule has 0 unspecified atom stereocenters. The Balaban J connectivity index is 1.56. The summed E-state index contributed by atoms with van der Waals surface area (Å²) in [7, 11) is -4.60. The highest BCUT2D eigenvalue weighted by atomic mass is 35.5. The maximum Gasteiger partial charge on any atom is 0.416 e. The van der Waals surface area contributed by atoms with Gasteiger partial charge in [-0.1, -0.05) is 23.7 Å². The van der Waals surface area contributed by atoms with Gasteiger partial charge < -0.3 is 9.84 Å². The average molecular weight is 616 g/mol. The van der Waals surface area contributed by atoms with Gasteiger partial charge in [0.1, 0.15) is 23.5 Å². The van der Waals surface area contributed by atoms with Crippen LogP contribution in [0.15, 0.2) is 59.5 Å². The van der Waals surface area contributed by atoms with Gasteiger partial charge in [0.15, 0.2) is 0 Å². The van der Waals surface area contributed by atoms with Crippen molar-refractivity contribution in [3.05, 3.63) is 76.8 Å². The number of carboxylic acid groups (broad SMARTS) is 1. The Morgan fingerprint density at radius 3 is 2.49 bits per heavy atom. The molecule has 3 aromatic rings. The van der Waals surface area contributed by atoms with E-state index >= 15 is 0 Å². The number of hydrogen-bond acceptors (Lipinski definition) is 4. The number of benzene rings is 3. The third kappa shape index (κ3) is 5.46. The molecule has 1 aliphatic carbocycles. The zero-order valence-corrected chi connectivity index (χ0v) is 23.0. The topological polar surface area (TPSA) is 83.9 Å². The van der Waals surface area contributed by atoms with Crippen LogP contribution in [0, 0.1) is 23.0 Å². The van der Waals surface area contributed by atoms with Gasteiger partial charge in [0.2, 0.25) is 0 Å². The predicted octanol–water partition coefficient (Wildman–Crippen LogP) is 7.15. The number of halogens is 6. The van der Waals surface area contributed by atoms with E-state index in [9.17, 15) is 40.3 Å². The number of nitrogens with zero attached hydrogens (tertiary/aromatic N) is 1. The van der Waals surface area contributed by atoms with Crippen LogP contribution in [-0.2, 0) is 21.0 Å². The fraction of sp³-hybridized carbons (Fsp3) is 0.321. The van der Waals surface area contributed by atoms with Crippen molar-refractivity contribution in [2.75, 3.05) is 10.8 Å². The SMILES string of the molecule is C[C@]1(C(=O)O)C[C@H](C[C@H]2CN(S(=O)(=O)c3cccc(C(F)(F)F)c3)c3cc(-c4cc(F)cc(F)c4Cl)ccc3O2)C1. The van der Waals surface area contributed by atoms with Gasteiger partial charge in [-0.05, 0) is 74.1 Å². The Morgan fingerprint density at radius 1 is 1.12 bits per heavy atom. The Bertz CT molecular complexity index is 1640. The van der Waals surface area contributed by atoms with Crippen LogP contribution in [0.1, 0.15) is 31.7 Å². The van der Waals surface area contributed by atoms with Crippen molar-refractivity contribution in [3.63, 3.8) is 0 Å². The first-order valence-electron chi connectivity index (χ1n) is 12.5. The number of fused-ring (bicyclic) bond motifs is 1. The first-order chi connectivity index (χ1) is 19.1. The molecule has 0 spiro atoms. The van der Waals surface area contributed by atoms with E-state index in [4.69, 9.17) is 16.3 Å². The quantitative estimate of drug-likeness (QED) is 0.235. The highest BCUT2D eigenvalue weighted by Crippen LogP contribution is 2.49. The first kappa shape index (κ1) is 29.1. The number of anilines is 1. The number of carboxylic acids is 1. The lowest BCUT2D eigenvalue weighted by atomic mass is 9.61. The van der Waals surface area contributed by atoms with Crippen LogP contribution in [0.25, 0.3) is 11.1 Å². The minimum absolute atomic E-state index is 0.0547. The molecular formula is C28H23ClF5NO5S. The first-order valence-corrected chi connectivity index (χ1v) is 14.3. The second kappa shape index (κ2) is 10.2. The molecule has 1 fully saturated rings. The van der Waals surface area contributed by atoms with Crippen molar-refractivity contribution in [1.29, 1.82) is 0 Å². The molecule has 1 atom stereocenters. The van der Waals surface area contributed by atoms with E-state index in [-0.39, 0.29) is 35.0 Å². The second-order valence-corrected chi connectivity index (χ2v) is 12.8. The summed E-state index contributed by atoms with van der Waals surface area (Å²) in [6, 6.07) is 9.01. The van der Waals surface area contributed by atoms with E-state index in [2.05, 4.69) is 0 Å². The summed E-state index contributed by atoms with van der Waals surface area (Å²) in [6.07, 6.45) is -4.51. The van der Waals surface area contributed by atoms with Crippen LogP contribution in [0.4, 0.5) is 27.6 Å². The Morgan fingerprint density at radius 2 is 1.83 bits per heavy atom. The number of sulfonamides is 1. The second-order valence-electron chi connectivity index (χ2n) is 10.6. The molecule has 0 amide bonds. The van der Waals surface area contributed by atoms with Crippen molar-refractivity contribution in [1.82, 2.24) is 0 Å². The monoisotopic (exact) mass is 615 g/mol. The summed E-state index contributed by atoms with van der Waals surface area (Å²) in [6.45, 7) is 1.33. The zero-order valence-electron chi connectivity index (χ0n) is 21.4. The summed E-state index contributed by atoms with van der Waals surface area (Å²) >= 11 is 6.06.